The first-order chi connectivity index (χ1) is 12.9. The number of phenols is 2. The van der Waals surface area contributed by atoms with Crippen molar-refractivity contribution >= 4 is 26.0 Å². The summed E-state index contributed by atoms with van der Waals surface area (Å²) < 4.78 is 75.4. The van der Waals surface area contributed by atoms with Crippen molar-refractivity contribution in [2.75, 3.05) is 14.2 Å². The summed E-state index contributed by atoms with van der Waals surface area (Å²) in [6, 6.07) is 5.00. The molecule has 0 amide bonds. The number of ether oxygens (including phenoxy) is 2. The molecule has 0 aliphatic rings. The van der Waals surface area contributed by atoms with Crippen molar-refractivity contribution < 1.29 is 50.4 Å². The van der Waals surface area contributed by atoms with Gasteiger partial charge >= 0.3 is 0 Å². The molecule has 0 spiro atoms. The highest BCUT2D eigenvalue weighted by Crippen LogP contribution is 2.48. The summed E-state index contributed by atoms with van der Waals surface area (Å²) >= 11 is 0. The van der Waals surface area contributed by atoms with Gasteiger partial charge in [-0.2, -0.15) is 16.8 Å². The number of hydrogen-bond acceptors (Lipinski definition) is 9. The third-order valence-electron chi connectivity index (χ3n) is 3.60. The lowest BCUT2D eigenvalue weighted by Crippen LogP contribution is -2.15. The Kier molecular flexibility index (Phi) is 5.57. The molecular weight excluding hydrogens is 420 g/mol. The summed E-state index contributed by atoms with van der Waals surface area (Å²) in [5.41, 5.74) is -1.33. The molecule has 0 saturated heterocycles. The standard InChI is InChI=1S/C15H14O11S2/c1-25-12-9(10(17)7-5-3-4-6-8(7)16)11(18)14(27(19,20)21)15(13(12)26-2)28(22,23)24/h3-6,16,18H,1-2H3,(H,19,20,21)(H,22,23,24). The molecule has 4 N–H and O–H groups in total. The molecule has 0 unspecified atom stereocenters. The lowest BCUT2D eigenvalue weighted by Gasteiger charge is -2.19. The van der Waals surface area contributed by atoms with Crippen molar-refractivity contribution in [2.45, 2.75) is 9.79 Å². The molecule has 11 nitrogen and oxygen atoms in total. The molecule has 0 aliphatic heterocycles. The molecule has 0 bridgehead atoms. The van der Waals surface area contributed by atoms with Gasteiger partial charge in [0.15, 0.2) is 27.0 Å². The van der Waals surface area contributed by atoms with E-state index in [1.165, 1.54) is 12.1 Å². The van der Waals surface area contributed by atoms with E-state index in [0.717, 1.165) is 26.4 Å². The van der Waals surface area contributed by atoms with Crippen LogP contribution in [0.15, 0.2) is 34.1 Å². The topological polar surface area (TPSA) is 185 Å². The van der Waals surface area contributed by atoms with Gasteiger partial charge in [0.1, 0.15) is 11.3 Å². The van der Waals surface area contributed by atoms with Gasteiger partial charge in [-0.05, 0) is 12.1 Å². The number of phenolic OH excluding ortho intramolecular Hbond substituents is 2. The van der Waals surface area contributed by atoms with Crippen LogP contribution in [0.5, 0.6) is 23.0 Å². The van der Waals surface area contributed by atoms with E-state index in [0.29, 0.717) is 0 Å². The van der Waals surface area contributed by atoms with E-state index < -0.39 is 69.9 Å². The van der Waals surface area contributed by atoms with Crippen molar-refractivity contribution in [3.63, 3.8) is 0 Å². The number of carbonyl (C=O) groups is 1. The molecule has 0 saturated carbocycles. The molecule has 0 radical (unpaired) electrons. The van der Waals surface area contributed by atoms with Crippen LogP contribution in [0.2, 0.25) is 0 Å². The highest BCUT2D eigenvalue weighted by molar-refractivity contribution is 7.89. The number of methoxy groups -OCH3 is 2. The summed E-state index contributed by atoms with van der Waals surface area (Å²) in [5, 5.41) is 20.2. The Morgan fingerprint density at radius 2 is 1.36 bits per heavy atom. The van der Waals surface area contributed by atoms with E-state index in [2.05, 4.69) is 0 Å². The first kappa shape index (κ1) is 21.4. The average molecular weight is 434 g/mol. The van der Waals surface area contributed by atoms with Crippen molar-refractivity contribution in [3.05, 3.63) is 35.4 Å². The SMILES string of the molecule is COc1c(OC)c(S(=O)(=O)O)c(S(=O)(=O)O)c(O)c1C(=O)c1ccccc1O. The zero-order valence-electron chi connectivity index (χ0n) is 14.3. The Hall–Kier alpha value is -2.87. The first-order valence-corrected chi connectivity index (χ1v) is 10.0. The number of rotatable bonds is 6. The molecule has 28 heavy (non-hydrogen) atoms. The molecule has 152 valence electrons. The van der Waals surface area contributed by atoms with Crippen LogP contribution in [0, 0.1) is 0 Å². The summed E-state index contributed by atoms with van der Waals surface area (Å²) in [6.07, 6.45) is 0. The number of ketones is 1. The molecule has 2 rings (SSSR count). The Morgan fingerprint density at radius 3 is 1.79 bits per heavy atom. The van der Waals surface area contributed by atoms with Gasteiger partial charge in [-0.1, -0.05) is 12.1 Å². The van der Waals surface area contributed by atoms with Crippen LogP contribution in [0.25, 0.3) is 0 Å². The normalized spacial score (nSPS) is 11.9. The zero-order valence-corrected chi connectivity index (χ0v) is 15.9. The molecule has 2 aromatic carbocycles. The van der Waals surface area contributed by atoms with Crippen LogP contribution in [0.1, 0.15) is 15.9 Å². The van der Waals surface area contributed by atoms with Crippen LogP contribution in [0.4, 0.5) is 0 Å². The molecule has 0 fully saturated rings. The first-order valence-electron chi connectivity index (χ1n) is 7.14. The minimum Gasteiger partial charge on any atom is -0.507 e. The van der Waals surface area contributed by atoms with E-state index in [9.17, 15) is 40.9 Å². The molecule has 0 aliphatic carbocycles. The maximum atomic E-state index is 12.8. The van der Waals surface area contributed by atoms with Crippen molar-refractivity contribution in [1.82, 2.24) is 0 Å². The highest BCUT2D eigenvalue weighted by Gasteiger charge is 2.39. The molecule has 0 aromatic heterocycles. The fourth-order valence-corrected chi connectivity index (χ4v) is 4.56. The van der Waals surface area contributed by atoms with Crippen molar-refractivity contribution in [3.8, 4) is 23.0 Å². The van der Waals surface area contributed by atoms with Crippen LogP contribution in [-0.2, 0) is 20.2 Å². The van der Waals surface area contributed by atoms with Gasteiger partial charge in [0.2, 0.25) is 5.78 Å². The minimum absolute atomic E-state index is 0.404. The highest BCUT2D eigenvalue weighted by atomic mass is 32.2. The smallest absolute Gasteiger partial charge is 0.299 e. The van der Waals surface area contributed by atoms with E-state index >= 15 is 0 Å². The third kappa shape index (κ3) is 3.60. The predicted octanol–water partition coefficient (Wildman–Crippen LogP) is 0.839. The van der Waals surface area contributed by atoms with Gasteiger partial charge in [-0.25, -0.2) is 0 Å². The Balaban J connectivity index is 3.12. The number of hydrogen-bond donors (Lipinski definition) is 4. The van der Waals surface area contributed by atoms with E-state index in [4.69, 9.17) is 9.47 Å². The molecule has 0 atom stereocenters. The number of aromatic hydroxyl groups is 2. The second-order valence-electron chi connectivity index (χ2n) is 5.24. The fraction of sp³-hybridized carbons (Fsp3) is 0.133. The summed E-state index contributed by atoms with van der Waals surface area (Å²) in [5.74, 6) is -4.97. The van der Waals surface area contributed by atoms with Gasteiger partial charge in [0, 0.05) is 0 Å². The molecule has 13 heteroatoms. The van der Waals surface area contributed by atoms with Crippen LogP contribution >= 0.6 is 0 Å². The quantitative estimate of drug-likeness (QED) is 0.373. The summed E-state index contributed by atoms with van der Waals surface area (Å²) in [4.78, 5) is 9.62. The fourth-order valence-electron chi connectivity index (χ4n) is 2.51. The lowest BCUT2D eigenvalue weighted by molar-refractivity contribution is 0.102. The van der Waals surface area contributed by atoms with Crippen LogP contribution < -0.4 is 9.47 Å². The predicted molar refractivity (Wildman–Crippen MR) is 92.4 cm³/mol. The third-order valence-corrected chi connectivity index (χ3v) is 5.55. The Morgan fingerprint density at radius 1 is 0.857 bits per heavy atom. The van der Waals surface area contributed by atoms with Gasteiger partial charge in [0.05, 0.1) is 19.8 Å². The van der Waals surface area contributed by atoms with E-state index in [1.807, 2.05) is 0 Å². The molecule has 0 heterocycles. The van der Waals surface area contributed by atoms with E-state index in [1.54, 1.807) is 0 Å². The van der Waals surface area contributed by atoms with Crippen molar-refractivity contribution in [2.24, 2.45) is 0 Å². The second-order valence-corrected chi connectivity index (χ2v) is 7.96. The number of para-hydroxylation sites is 1. The number of carbonyl (C=O) groups excluding carboxylic acids is 1. The maximum Gasteiger partial charge on any atom is 0.299 e. The summed E-state index contributed by atoms with van der Waals surface area (Å²) in [7, 11) is -9.08. The van der Waals surface area contributed by atoms with Gasteiger partial charge < -0.3 is 19.7 Å². The zero-order chi connectivity index (χ0) is 21.4. The number of benzene rings is 2. The lowest BCUT2D eigenvalue weighted by atomic mass is 10.00. The monoisotopic (exact) mass is 434 g/mol. The van der Waals surface area contributed by atoms with Crippen molar-refractivity contribution in [1.29, 1.82) is 0 Å². The Labute approximate surface area is 159 Å². The minimum atomic E-state index is -5.49. The van der Waals surface area contributed by atoms with Gasteiger partial charge in [-0.15, -0.1) is 0 Å². The maximum absolute atomic E-state index is 12.8. The van der Waals surface area contributed by atoms with E-state index in [-0.39, 0.29) is 0 Å². The summed E-state index contributed by atoms with van der Waals surface area (Å²) in [6.45, 7) is 0. The second kappa shape index (κ2) is 7.27. The largest absolute Gasteiger partial charge is 0.507 e. The van der Waals surface area contributed by atoms with Gasteiger partial charge in [-0.3, -0.25) is 13.9 Å². The van der Waals surface area contributed by atoms with Gasteiger partial charge in [0.25, 0.3) is 20.2 Å². The van der Waals surface area contributed by atoms with Crippen LogP contribution in [-0.4, -0.2) is 56.2 Å². The molecular formula is C15H14O11S2. The average Bonchev–Trinajstić information content (AvgIpc) is 2.58. The van der Waals surface area contributed by atoms with Crippen LogP contribution in [0.3, 0.4) is 0 Å². The Bertz CT molecular complexity index is 1160. The molecule has 2 aromatic rings.